The van der Waals surface area contributed by atoms with Gasteiger partial charge in [-0.25, -0.2) is 9.97 Å². The van der Waals surface area contributed by atoms with Crippen LogP contribution in [-0.2, 0) is 24.7 Å². The number of primary amides is 1. The molecule has 10 nitrogen and oxygen atoms in total. The third-order valence-electron chi connectivity index (χ3n) is 4.65. The van der Waals surface area contributed by atoms with Gasteiger partial charge in [-0.1, -0.05) is 6.92 Å². The fourth-order valence-corrected chi connectivity index (χ4v) is 2.99. The molecule has 0 aliphatic rings. The minimum atomic E-state index is -0.452. The van der Waals surface area contributed by atoms with Gasteiger partial charge in [0, 0.05) is 49.2 Å². The van der Waals surface area contributed by atoms with E-state index in [9.17, 15) is 14.9 Å². The summed E-state index contributed by atoms with van der Waals surface area (Å²) in [6.45, 7) is 2.28. The van der Waals surface area contributed by atoms with E-state index in [0.29, 0.717) is 36.6 Å². The van der Waals surface area contributed by atoms with Crippen LogP contribution in [0.1, 0.15) is 18.2 Å². The first-order chi connectivity index (χ1) is 14.4. The molecule has 1 aromatic carbocycles. The molecule has 2 heterocycles. The summed E-state index contributed by atoms with van der Waals surface area (Å²) < 4.78 is 1.68. The van der Waals surface area contributed by atoms with Crippen molar-refractivity contribution in [1.82, 2.24) is 19.7 Å². The number of benzene rings is 1. The van der Waals surface area contributed by atoms with Gasteiger partial charge in [0.1, 0.15) is 5.82 Å². The highest BCUT2D eigenvalue weighted by Crippen LogP contribution is 2.22. The molecule has 3 N–H and O–H groups in total. The molecule has 1 atom stereocenters. The second-order valence-corrected chi connectivity index (χ2v) is 6.93. The maximum Gasteiger partial charge on any atom is 0.269 e. The van der Waals surface area contributed by atoms with E-state index in [4.69, 9.17) is 5.73 Å². The van der Waals surface area contributed by atoms with E-state index in [1.54, 1.807) is 23.0 Å². The van der Waals surface area contributed by atoms with Crippen LogP contribution in [0.2, 0.25) is 0 Å². The van der Waals surface area contributed by atoms with Gasteiger partial charge in [0.15, 0.2) is 5.82 Å². The zero-order valence-electron chi connectivity index (χ0n) is 16.8. The summed E-state index contributed by atoms with van der Waals surface area (Å²) in [5.74, 6) is 0.172. The Hall–Kier alpha value is -3.82. The Morgan fingerprint density at radius 2 is 2.03 bits per heavy atom. The summed E-state index contributed by atoms with van der Waals surface area (Å²) in [5, 5.41) is 18.2. The molecular formula is C20H23N7O3. The van der Waals surface area contributed by atoms with Crippen molar-refractivity contribution in [1.29, 1.82) is 0 Å². The van der Waals surface area contributed by atoms with E-state index in [2.05, 4.69) is 20.4 Å². The highest BCUT2D eigenvalue weighted by Gasteiger charge is 2.18. The first-order valence-corrected chi connectivity index (χ1v) is 9.49. The van der Waals surface area contributed by atoms with Crippen LogP contribution >= 0.6 is 0 Å². The average molecular weight is 409 g/mol. The number of amides is 1. The Balaban J connectivity index is 1.78. The van der Waals surface area contributed by atoms with Crippen LogP contribution in [0.3, 0.4) is 0 Å². The van der Waals surface area contributed by atoms with Gasteiger partial charge in [-0.05, 0) is 30.5 Å². The van der Waals surface area contributed by atoms with E-state index in [1.807, 2.05) is 26.2 Å². The third kappa shape index (κ3) is 5.16. The van der Waals surface area contributed by atoms with Crippen molar-refractivity contribution in [3.63, 3.8) is 0 Å². The van der Waals surface area contributed by atoms with E-state index < -0.39 is 16.7 Å². The topological polar surface area (TPSA) is 142 Å². The third-order valence-corrected chi connectivity index (χ3v) is 4.65. The molecule has 30 heavy (non-hydrogen) atoms. The van der Waals surface area contributed by atoms with Crippen molar-refractivity contribution in [2.75, 3.05) is 11.9 Å². The Labute approximate surface area is 173 Å². The Morgan fingerprint density at radius 3 is 2.60 bits per heavy atom. The smallest absolute Gasteiger partial charge is 0.269 e. The number of nitrogens with two attached hydrogens (primary N) is 1. The van der Waals surface area contributed by atoms with E-state index >= 15 is 0 Å². The number of aromatic nitrogens is 4. The van der Waals surface area contributed by atoms with Crippen molar-refractivity contribution in [3.8, 4) is 11.4 Å². The predicted octanol–water partition coefficient (Wildman–Crippen LogP) is 2.10. The van der Waals surface area contributed by atoms with Crippen molar-refractivity contribution in [2.24, 2.45) is 18.7 Å². The Kier molecular flexibility index (Phi) is 6.35. The second-order valence-electron chi connectivity index (χ2n) is 6.93. The molecule has 0 saturated carbocycles. The van der Waals surface area contributed by atoms with Crippen LogP contribution in [0, 0.1) is 16.0 Å². The SMILES string of the molecule is CCc1cc(NCC(Cc2cnn(C)c2)C(N)=O)nc(-c2ccc([N+](=O)[O-])cc2)n1. The van der Waals surface area contributed by atoms with Crippen LogP contribution in [0.4, 0.5) is 11.5 Å². The van der Waals surface area contributed by atoms with Crippen LogP contribution in [0.15, 0.2) is 42.7 Å². The number of anilines is 1. The van der Waals surface area contributed by atoms with Crippen molar-refractivity contribution < 1.29 is 9.72 Å². The lowest BCUT2D eigenvalue weighted by molar-refractivity contribution is -0.384. The quantitative estimate of drug-likeness (QED) is 0.407. The number of nitrogens with zero attached hydrogens (tertiary/aromatic N) is 5. The monoisotopic (exact) mass is 409 g/mol. The van der Waals surface area contributed by atoms with Gasteiger partial charge >= 0.3 is 0 Å². The normalized spacial score (nSPS) is 11.8. The molecule has 1 unspecified atom stereocenters. The standard InChI is InChI=1S/C20H23N7O3/c1-3-16-9-18(22-11-15(19(21)28)8-13-10-23-26(2)12-13)25-20(24-16)14-4-6-17(7-5-14)27(29)30/h4-7,9-10,12,15H,3,8,11H2,1-2H3,(H2,21,28)(H,22,24,25). The molecule has 0 spiro atoms. The molecule has 0 bridgehead atoms. The van der Waals surface area contributed by atoms with Crippen LogP contribution in [-0.4, -0.2) is 37.1 Å². The molecule has 1 amide bonds. The van der Waals surface area contributed by atoms with E-state index in [1.165, 1.54) is 12.1 Å². The van der Waals surface area contributed by atoms with Gasteiger partial charge < -0.3 is 11.1 Å². The fourth-order valence-electron chi connectivity index (χ4n) is 2.99. The van der Waals surface area contributed by atoms with Crippen molar-refractivity contribution in [2.45, 2.75) is 19.8 Å². The molecule has 0 aliphatic heterocycles. The molecule has 10 heteroatoms. The maximum atomic E-state index is 11.9. The summed E-state index contributed by atoms with van der Waals surface area (Å²) >= 11 is 0. The molecule has 0 fully saturated rings. The van der Waals surface area contributed by atoms with Gasteiger partial charge in [0.2, 0.25) is 5.91 Å². The zero-order valence-corrected chi connectivity index (χ0v) is 16.8. The fraction of sp³-hybridized carbons (Fsp3) is 0.300. The summed E-state index contributed by atoms with van der Waals surface area (Å²) in [6, 6.07) is 7.89. The van der Waals surface area contributed by atoms with Crippen molar-refractivity contribution >= 4 is 17.4 Å². The number of carbonyl (C=O) groups excluding carboxylic acids is 1. The molecule has 2 aromatic heterocycles. The van der Waals surface area contributed by atoms with Gasteiger partial charge in [-0.15, -0.1) is 0 Å². The average Bonchev–Trinajstić information content (AvgIpc) is 3.15. The number of nitrogens with one attached hydrogen (secondary N) is 1. The number of nitro groups is 1. The summed E-state index contributed by atoms with van der Waals surface area (Å²) in [7, 11) is 1.81. The first-order valence-electron chi connectivity index (χ1n) is 9.49. The van der Waals surface area contributed by atoms with Gasteiger partial charge in [0.05, 0.1) is 17.0 Å². The van der Waals surface area contributed by atoms with Crippen LogP contribution < -0.4 is 11.1 Å². The minimum absolute atomic E-state index is 0.00319. The first kappa shape index (κ1) is 20.9. The number of hydrogen-bond donors (Lipinski definition) is 2. The summed E-state index contributed by atoms with van der Waals surface area (Å²) in [4.78, 5) is 31.3. The molecular weight excluding hydrogens is 386 g/mol. The Morgan fingerprint density at radius 1 is 1.30 bits per heavy atom. The maximum absolute atomic E-state index is 11.9. The molecule has 0 saturated heterocycles. The largest absolute Gasteiger partial charge is 0.369 e. The lowest BCUT2D eigenvalue weighted by Gasteiger charge is -2.15. The molecule has 0 radical (unpaired) electrons. The molecule has 3 aromatic rings. The number of rotatable bonds is 9. The van der Waals surface area contributed by atoms with E-state index in [-0.39, 0.29) is 5.69 Å². The second kappa shape index (κ2) is 9.12. The summed E-state index contributed by atoms with van der Waals surface area (Å²) in [6.07, 6.45) is 4.72. The predicted molar refractivity (Wildman–Crippen MR) is 112 cm³/mol. The number of non-ortho nitro benzene ring substituents is 1. The molecule has 156 valence electrons. The highest BCUT2D eigenvalue weighted by atomic mass is 16.6. The van der Waals surface area contributed by atoms with E-state index in [0.717, 1.165) is 11.3 Å². The van der Waals surface area contributed by atoms with Gasteiger partial charge in [0.25, 0.3) is 5.69 Å². The number of hydrogen-bond acceptors (Lipinski definition) is 7. The Bertz CT molecular complexity index is 1050. The van der Waals surface area contributed by atoms with Crippen LogP contribution in [0.5, 0.6) is 0 Å². The minimum Gasteiger partial charge on any atom is -0.369 e. The number of carbonyl (C=O) groups is 1. The van der Waals surface area contributed by atoms with Gasteiger partial charge in [-0.2, -0.15) is 5.10 Å². The van der Waals surface area contributed by atoms with Gasteiger partial charge in [-0.3, -0.25) is 19.6 Å². The zero-order chi connectivity index (χ0) is 21.7. The summed E-state index contributed by atoms with van der Waals surface area (Å²) in [5.41, 5.74) is 7.98. The highest BCUT2D eigenvalue weighted by molar-refractivity contribution is 5.77. The lowest BCUT2D eigenvalue weighted by atomic mass is 10.0. The van der Waals surface area contributed by atoms with Crippen LogP contribution in [0.25, 0.3) is 11.4 Å². The number of aryl methyl sites for hydroxylation is 2. The number of nitro benzene ring substituents is 1. The molecule has 0 aliphatic carbocycles. The molecule has 3 rings (SSSR count). The lowest BCUT2D eigenvalue weighted by Crippen LogP contribution is -2.31. The van der Waals surface area contributed by atoms with Crippen molar-refractivity contribution in [3.05, 3.63) is 64.1 Å².